The van der Waals surface area contributed by atoms with Crippen LogP contribution in [0.25, 0.3) is 0 Å². The molecule has 1 atom stereocenters. The Labute approximate surface area is 142 Å². The molecule has 2 N–H and O–H groups in total. The lowest BCUT2D eigenvalue weighted by atomic mass is 10.1. The molecule has 0 unspecified atom stereocenters. The zero-order valence-corrected chi connectivity index (χ0v) is 14.4. The van der Waals surface area contributed by atoms with E-state index in [2.05, 4.69) is 36.6 Å². The summed E-state index contributed by atoms with van der Waals surface area (Å²) in [5.41, 5.74) is 2.12. The lowest BCUT2D eigenvalue weighted by molar-refractivity contribution is -0.0350. The van der Waals surface area contributed by atoms with Gasteiger partial charge in [-0.05, 0) is 13.0 Å². The van der Waals surface area contributed by atoms with E-state index in [0.29, 0.717) is 6.61 Å². The van der Waals surface area contributed by atoms with Crippen molar-refractivity contribution >= 4 is 11.6 Å². The summed E-state index contributed by atoms with van der Waals surface area (Å²) in [6, 6.07) is 6.04. The maximum Gasteiger partial charge on any atom is 0.130 e. The van der Waals surface area contributed by atoms with Gasteiger partial charge in [-0.25, -0.2) is 15.0 Å². The highest BCUT2D eigenvalue weighted by Crippen LogP contribution is 2.24. The molecule has 24 heavy (non-hydrogen) atoms. The topological polar surface area (TPSA) is 75.2 Å². The quantitative estimate of drug-likeness (QED) is 0.867. The van der Waals surface area contributed by atoms with Crippen LogP contribution in [0, 0.1) is 6.92 Å². The van der Waals surface area contributed by atoms with Crippen LogP contribution in [0.5, 0.6) is 0 Å². The van der Waals surface area contributed by atoms with Gasteiger partial charge in [-0.1, -0.05) is 6.07 Å². The number of morpholine rings is 1. The molecule has 1 fully saturated rings. The second-order valence-corrected chi connectivity index (χ2v) is 5.83. The molecule has 0 aliphatic carbocycles. The van der Waals surface area contributed by atoms with Crippen LogP contribution in [0.4, 0.5) is 11.6 Å². The molecule has 0 bridgehead atoms. The molecule has 7 heteroatoms. The molecule has 1 aliphatic heterocycles. The lowest BCUT2D eigenvalue weighted by Crippen LogP contribution is -2.38. The SMILES string of the molecule is CNc1cc([C@H]2CN(Cc3cccnc3NC)CCO2)nc(C)n1. The van der Waals surface area contributed by atoms with Gasteiger partial charge in [0.15, 0.2) is 0 Å². The van der Waals surface area contributed by atoms with E-state index in [9.17, 15) is 0 Å². The van der Waals surface area contributed by atoms with Crippen molar-refractivity contribution < 1.29 is 4.74 Å². The van der Waals surface area contributed by atoms with Gasteiger partial charge in [-0.15, -0.1) is 0 Å². The predicted molar refractivity (Wildman–Crippen MR) is 94.1 cm³/mol. The van der Waals surface area contributed by atoms with E-state index in [4.69, 9.17) is 4.74 Å². The Morgan fingerprint density at radius 1 is 1.29 bits per heavy atom. The molecule has 2 aromatic rings. The molecule has 0 amide bonds. The van der Waals surface area contributed by atoms with Crippen molar-refractivity contribution in [3.63, 3.8) is 0 Å². The van der Waals surface area contributed by atoms with Crippen molar-refractivity contribution in [2.75, 3.05) is 44.4 Å². The van der Waals surface area contributed by atoms with Gasteiger partial charge < -0.3 is 15.4 Å². The number of rotatable bonds is 5. The Morgan fingerprint density at radius 3 is 2.96 bits per heavy atom. The molecule has 2 aromatic heterocycles. The molecule has 3 heterocycles. The van der Waals surface area contributed by atoms with E-state index in [1.165, 1.54) is 5.56 Å². The summed E-state index contributed by atoms with van der Waals surface area (Å²) in [5, 5.41) is 6.23. The average molecular weight is 328 g/mol. The molecule has 0 aromatic carbocycles. The molecule has 0 saturated carbocycles. The van der Waals surface area contributed by atoms with E-state index >= 15 is 0 Å². The van der Waals surface area contributed by atoms with Crippen LogP contribution in [0.2, 0.25) is 0 Å². The van der Waals surface area contributed by atoms with Crippen molar-refractivity contribution in [1.29, 1.82) is 0 Å². The fourth-order valence-electron chi connectivity index (χ4n) is 2.94. The summed E-state index contributed by atoms with van der Waals surface area (Å²) in [6.07, 6.45) is 1.77. The van der Waals surface area contributed by atoms with Crippen LogP contribution in [0.15, 0.2) is 24.4 Å². The second-order valence-electron chi connectivity index (χ2n) is 5.83. The first kappa shape index (κ1) is 16.6. The monoisotopic (exact) mass is 328 g/mol. The summed E-state index contributed by atoms with van der Waals surface area (Å²) in [6.45, 7) is 5.14. The number of nitrogens with one attached hydrogen (secondary N) is 2. The van der Waals surface area contributed by atoms with Gasteiger partial charge in [0.25, 0.3) is 0 Å². The highest BCUT2D eigenvalue weighted by Gasteiger charge is 2.24. The van der Waals surface area contributed by atoms with Crippen molar-refractivity contribution in [3.8, 4) is 0 Å². The normalized spacial score (nSPS) is 18.4. The Bertz CT molecular complexity index is 693. The van der Waals surface area contributed by atoms with E-state index in [1.807, 2.05) is 33.2 Å². The number of pyridine rings is 1. The Morgan fingerprint density at radius 2 is 2.17 bits per heavy atom. The number of hydrogen-bond acceptors (Lipinski definition) is 7. The molecule has 3 rings (SSSR count). The van der Waals surface area contributed by atoms with Gasteiger partial charge in [-0.3, -0.25) is 4.90 Å². The largest absolute Gasteiger partial charge is 0.373 e. The first-order chi connectivity index (χ1) is 11.7. The minimum absolute atomic E-state index is 0.0396. The third-order valence-electron chi connectivity index (χ3n) is 4.12. The van der Waals surface area contributed by atoms with Gasteiger partial charge in [0.2, 0.25) is 0 Å². The van der Waals surface area contributed by atoms with Crippen molar-refractivity contribution in [2.45, 2.75) is 19.6 Å². The van der Waals surface area contributed by atoms with Crippen molar-refractivity contribution in [3.05, 3.63) is 41.5 Å². The van der Waals surface area contributed by atoms with E-state index in [1.54, 1.807) is 6.20 Å². The average Bonchev–Trinajstić information content (AvgIpc) is 2.62. The Kier molecular flexibility index (Phi) is 5.22. The zero-order valence-electron chi connectivity index (χ0n) is 14.4. The predicted octanol–water partition coefficient (Wildman–Crippen LogP) is 1.84. The fraction of sp³-hybridized carbons (Fsp3) is 0.471. The molecule has 7 nitrogen and oxygen atoms in total. The standard InChI is InChI=1S/C17H24N6O/c1-12-21-14(9-16(18-2)22-12)15-11-23(7-8-24-15)10-13-5-4-6-20-17(13)19-3/h4-6,9,15H,7-8,10-11H2,1-3H3,(H,19,20)(H,18,21,22)/t15-/m1/s1. The van der Waals surface area contributed by atoms with Crippen LogP contribution < -0.4 is 10.6 Å². The molecule has 128 valence electrons. The van der Waals surface area contributed by atoms with Crippen molar-refractivity contribution in [2.24, 2.45) is 0 Å². The van der Waals surface area contributed by atoms with E-state index < -0.39 is 0 Å². The summed E-state index contributed by atoms with van der Waals surface area (Å²) < 4.78 is 5.95. The van der Waals surface area contributed by atoms with Gasteiger partial charge in [-0.2, -0.15) is 0 Å². The van der Waals surface area contributed by atoms with Crippen LogP contribution in [0.1, 0.15) is 23.2 Å². The van der Waals surface area contributed by atoms with Crippen LogP contribution >= 0.6 is 0 Å². The number of aromatic nitrogens is 3. The lowest BCUT2D eigenvalue weighted by Gasteiger charge is -2.33. The van der Waals surface area contributed by atoms with E-state index in [-0.39, 0.29) is 6.10 Å². The molecule has 1 saturated heterocycles. The zero-order chi connectivity index (χ0) is 16.9. The Balaban J connectivity index is 1.73. The third kappa shape index (κ3) is 3.80. The summed E-state index contributed by atoms with van der Waals surface area (Å²) in [4.78, 5) is 15.7. The third-order valence-corrected chi connectivity index (χ3v) is 4.12. The number of nitrogens with zero attached hydrogens (tertiary/aromatic N) is 4. The minimum atomic E-state index is -0.0396. The highest BCUT2D eigenvalue weighted by atomic mass is 16.5. The number of hydrogen-bond donors (Lipinski definition) is 2. The molecular weight excluding hydrogens is 304 g/mol. The van der Waals surface area contributed by atoms with Gasteiger partial charge in [0, 0.05) is 51.6 Å². The van der Waals surface area contributed by atoms with Crippen molar-refractivity contribution in [1.82, 2.24) is 19.9 Å². The summed E-state index contributed by atoms with van der Waals surface area (Å²) in [7, 11) is 3.76. The molecule has 0 radical (unpaired) electrons. The van der Waals surface area contributed by atoms with Crippen LogP contribution in [-0.2, 0) is 11.3 Å². The van der Waals surface area contributed by atoms with Gasteiger partial charge >= 0.3 is 0 Å². The summed E-state index contributed by atoms with van der Waals surface area (Å²) in [5.74, 6) is 2.50. The molecular formula is C17H24N6O. The number of anilines is 2. The number of aryl methyl sites for hydroxylation is 1. The maximum atomic E-state index is 5.95. The second kappa shape index (κ2) is 7.55. The number of ether oxygens (including phenoxy) is 1. The smallest absolute Gasteiger partial charge is 0.130 e. The van der Waals surface area contributed by atoms with Gasteiger partial charge in [0.1, 0.15) is 23.6 Å². The van der Waals surface area contributed by atoms with Crippen LogP contribution in [-0.4, -0.2) is 53.6 Å². The highest BCUT2D eigenvalue weighted by molar-refractivity contribution is 5.43. The maximum absolute atomic E-state index is 5.95. The Hall–Kier alpha value is -2.25. The van der Waals surface area contributed by atoms with Gasteiger partial charge in [0.05, 0.1) is 12.3 Å². The molecule has 0 spiro atoms. The minimum Gasteiger partial charge on any atom is -0.373 e. The first-order valence-electron chi connectivity index (χ1n) is 8.18. The first-order valence-corrected chi connectivity index (χ1v) is 8.18. The van der Waals surface area contributed by atoms with Crippen LogP contribution in [0.3, 0.4) is 0 Å². The fourth-order valence-corrected chi connectivity index (χ4v) is 2.94. The summed E-state index contributed by atoms with van der Waals surface area (Å²) >= 11 is 0. The van der Waals surface area contributed by atoms with E-state index in [0.717, 1.165) is 42.8 Å². The molecule has 1 aliphatic rings.